The molecule has 0 radical (unpaired) electrons. The van der Waals surface area contributed by atoms with Crippen molar-refractivity contribution in [3.63, 3.8) is 0 Å². The first kappa shape index (κ1) is 12.8. The van der Waals surface area contributed by atoms with Gasteiger partial charge in [-0.15, -0.1) is 0 Å². The average molecular weight is 301 g/mol. The smallest absolute Gasteiger partial charge is 0.199 e. The van der Waals surface area contributed by atoms with Crippen LogP contribution in [0.25, 0.3) is 6.08 Å². The van der Waals surface area contributed by atoms with Gasteiger partial charge in [0, 0.05) is 5.56 Å². The SMILES string of the molecule is Cc1ccc(C(=O)/C(Br)=C/c2ccccc2)cc1. The number of benzene rings is 2. The van der Waals surface area contributed by atoms with Gasteiger partial charge in [0.15, 0.2) is 5.78 Å². The number of carbonyl (C=O) groups is 1. The summed E-state index contributed by atoms with van der Waals surface area (Å²) >= 11 is 3.35. The predicted molar refractivity (Wildman–Crippen MR) is 78.9 cm³/mol. The Kier molecular flexibility index (Phi) is 4.11. The molecule has 0 aromatic heterocycles. The van der Waals surface area contributed by atoms with Gasteiger partial charge in [0.2, 0.25) is 0 Å². The van der Waals surface area contributed by atoms with E-state index >= 15 is 0 Å². The van der Waals surface area contributed by atoms with E-state index < -0.39 is 0 Å². The summed E-state index contributed by atoms with van der Waals surface area (Å²) in [6.45, 7) is 2.00. The largest absolute Gasteiger partial charge is 0.288 e. The van der Waals surface area contributed by atoms with E-state index in [1.165, 1.54) is 0 Å². The molecule has 18 heavy (non-hydrogen) atoms. The third kappa shape index (κ3) is 3.17. The third-order valence-corrected chi connectivity index (χ3v) is 3.21. The zero-order valence-corrected chi connectivity index (χ0v) is 11.6. The van der Waals surface area contributed by atoms with Crippen LogP contribution in [0.2, 0.25) is 0 Å². The van der Waals surface area contributed by atoms with Crippen LogP contribution in [-0.4, -0.2) is 5.78 Å². The molecule has 0 saturated heterocycles. The molecule has 0 atom stereocenters. The molecule has 0 N–H and O–H groups in total. The lowest BCUT2D eigenvalue weighted by molar-refractivity contribution is 0.104. The van der Waals surface area contributed by atoms with Crippen molar-refractivity contribution in [3.05, 3.63) is 75.8 Å². The van der Waals surface area contributed by atoms with Crippen molar-refractivity contribution in [3.8, 4) is 0 Å². The third-order valence-electron chi connectivity index (χ3n) is 2.62. The Bertz CT molecular complexity index is 568. The van der Waals surface area contributed by atoms with Crippen LogP contribution in [-0.2, 0) is 0 Å². The van der Waals surface area contributed by atoms with Gasteiger partial charge in [-0.3, -0.25) is 4.79 Å². The summed E-state index contributed by atoms with van der Waals surface area (Å²) in [6.07, 6.45) is 1.84. The van der Waals surface area contributed by atoms with Gasteiger partial charge >= 0.3 is 0 Å². The van der Waals surface area contributed by atoms with Crippen LogP contribution in [0, 0.1) is 6.92 Å². The van der Waals surface area contributed by atoms with Crippen LogP contribution >= 0.6 is 15.9 Å². The Morgan fingerprint density at radius 1 is 1.00 bits per heavy atom. The Morgan fingerprint density at radius 2 is 1.61 bits per heavy atom. The standard InChI is InChI=1S/C16H13BrO/c1-12-7-9-14(10-8-12)16(18)15(17)11-13-5-3-2-4-6-13/h2-11H,1H3/b15-11-. The summed E-state index contributed by atoms with van der Waals surface area (Å²) in [5.41, 5.74) is 2.85. The second-order valence-electron chi connectivity index (χ2n) is 4.10. The lowest BCUT2D eigenvalue weighted by atomic mass is 10.1. The molecule has 0 aliphatic heterocycles. The Labute approximate surface area is 115 Å². The molecule has 0 saturated carbocycles. The second-order valence-corrected chi connectivity index (χ2v) is 4.95. The maximum absolute atomic E-state index is 12.1. The molecule has 0 bridgehead atoms. The van der Waals surface area contributed by atoms with E-state index in [4.69, 9.17) is 0 Å². The van der Waals surface area contributed by atoms with Crippen LogP contribution in [0.5, 0.6) is 0 Å². The zero-order valence-electron chi connectivity index (χ0n) is 10.1. The number of Topliss-reactive ketones (excluding diaryl/α,β-unsaturated/α-hetero) is 1. The number of carbonyl (C=O) groups excluding carboxylic acids is 1. The summed E-state index contributed by atoms with van der Waals surface area (Å²) in [4.78, 5) is 12.1. The number of hydrogen-bond acceptors (Lipinski definition) is 1. The van der Waals surface area contributed by atoms with Crippen molar-refractivity contribution in [2.45, 2.75) is 6.92 Å². The average Bonchev–Trinajstić information content (AvgIpc) is 2.40. The normalized spacial score (nSPS) is 11.3. The predicted octanol–water partition coefficient (Wildman–Crippen LogP) is 4.61. The lowest BCUT2D eigenvalue weighted by Gasteiger charge is -2.01. The number of aryl methyl sites for hydroxylation is 1. The zero-order chi connectivity index (χ0) is 13.0. The van der Waals surface area contributed by atoms with Gasteiger partial charge in [0.05, 0.1) is 4.48 Å². The van der Waals surface area contributed by atoms with E-state index in [1.807, 2.05) is 67.6 Å². The molecule has 2 heteroatoms. The maximum atomic E-state index is 12.1. The van der Waals surface area contributed by atoms with E-state index in [9.17, 15) is 4.79 Å². The van der Waals surface area contributed by atoms with E-state index in [0.717, 1.165) is 11.1 Å². The van der Waals surface area contributed by atoms with Gasteiger partial charge in [-0.1, -0.05) is 60.2 Å². The highest BCUT2D eigenvalue weighted by molar-refractivity contribution is 9.12. The summed E-state index contributed by atoms with van der Waals surface area (Å²) in [7, 11) is 0. The molecule has 0 aliphatic rings. The fraction of sp³-hybridized carbons (Fsp3) is 0.0625. The highest BCUT2D eigenvalue weighted by Gasteiger charge is 2.09. The van der Waals surface area contributed by atoms with Crippen molar-refractivity contribution >= 4 is 27.8 Å². The van der Waals surface area contributed by atoms with Crippen molar-refractivity contribution in [1.82, 2.24) is 0 Å². The van der Waals surface area contributed by atoms with E-state index in [-0.39, 0.29) is 5.78 Å². The molecule has 2 aromatic carbocycles. The number of ketones is 1. The first-order chi connectivity index (χ1) is 8.66. The second kappa shape index (κ2) is 5.78. The van der Waals surface area contributed by atoms with Crippen molar-refractivity contribution in [2.24, 2.45) is 0 Å². The number of hydrogen-bond donors (Lipinski definition) is 0. The van der Waals surface area contributed by atoms with Crippen LogP contribution in [0.1, 0.15) is 21.5 Å². The summed E-state index contributed by atoms with van der Waals surface area (Å²) in [5.74, 6) is -0.00106. The van der Waals surface area contributed by atoms with Gasteiger partial charge in [-0.05, 0) is 34.5 Å². The van der Waals surface area contributed by atoms with Crippen molar-refractivity contribution in [1.29, 1.82) is 0 Å². The molecular formula is C16H13BrO. The molecule has 0 aliphatic carbocycles. The van der Waals surface area contributed by atoms with Crippen LogP contribution < -0.4 is 0 Å². The minimum Gasteiger partial charge on any atom is -0.288 e. The Balaban J connectivity index is 2.24. The molecule has 0 fully saturated rings. The summed E-state index contributed by atoms with van der Waals surface area (Å²) in [6, 6.07) is 17.3. The summed E-state index contributed by atoms with van der Waals surface area (Å²) in [5, 5.41) is 0. The van der Waals surface area contributed by atoms with E-state index in [1.54, 1.807) is 0 Å². The Hall–Kier alpha value is -1.67. The molecule has 0 heterocycles. The van der Waals surface area contributed by atoms with Crippen molar-refractivity contribution in [2.75, 3.05) is 0 Å². The molecule has 0 amide bonds. The monoisotopic (exact) mass is 300 g/mol. The van der Waals surface area contributed by atoms with Crippen LogP contribution in [0.4, 0.5) is 0 Å². The van der Waals surface area contributed by atoms with Crippen LogP contribution in [0.15, 0.2) is 59.1 Å². The topological polar surface area (TPSA) is 17.1 Å². The fourth-order valence-electron chi connectivity index (χ4n) is 1.60. The summed E-state index contributed by atoms with van der Waals surface area (Å²) < 4.78 is 0.567. The molecular weight excluding hydrogens is 288 g/mol. The molecule has 0 unspecified atom stereocenters. The minimum absolute atomic E-state index is 0.00106. The fourth-order valence-corrected chi connectivity index (χ4v) is 2.10. The molecule has 0 spiro atoms. The molecule has 90 valence electrons. The van der Waals surface area contributed by atoms with Crippen molar-refractivity contribution < 1.29 is 4.79 Å². The number of allylic oxidation sites excluding steroid dienone is 1. The first-order valence-corrected chi connectivity index (χ1v) is 6.50. The minimum atomic E-state index is -0.00106. The van der Waals surface area contributed by atoms with Gasteiger partial charge in [-0.25, -0.2) is 0 Å². The van der Waals surface area contributed by atoms with Gasteiger partial charge in [0.25, 0.3) is 0 Å². The molecule has 2 aromatic rings. The lowest BCUT2D eigenvalue weighted by Crippen LogP contribution is -1.98. The highest BCUT2D eigenvalue weighted by atomic mass is 79.9. The van der Waals surface area contributed by atoms with Gasteiger partial charge in [0.1, 0.15) is 0 Å². The maximum Gasteiger partial charge on any atom is 0.199 e. The van der Waals surface area contributed by atoms with E-state index in [0.29, 0.717) is 10.0 Å². The molecule has 1 nitrogen and oxygen atoms in total. The van der Waals surface area contributed by atoms with Crippen LogP contribution in [0.3, 0.4) is 0 Å². The van der Waals surface area contributed by atoms with E-state index in [2.05, 4.69) is 15.9 Å². The van der Waals surface area contributed by atoms with Gasteiger partial charge < -0.3 is 0 Å². The number of rotatable bonds is 3. The first-order valence-electron chi connectivity index (χ1n) is 5.70. The van der Waals surface area contributed by atoms with Gasteiger partial charge in [-0.2, -0.15) is 0 Å². The quantitative estimate of drug-likeness (QED) is 0.597. The molecule has 2 rings (SSSR count). The number of halogens is 1. The highest BCUT2D eigenvalue weighted by Crippen LogP contribution is 2.18. The Morgan fingerprint density at radius 3 is 2.22 bits per heavy atom.